The standard InChI is InChI=1S/C9H17N/c1-7(2)9-5-10(6-9)8(3)4/h7,9H,3,5-6H2,1-2,4H3. The van der Waals surface area contributed by atoms with Crippen molar-refractivity contribution in [3.8, 4) is 0 Å². The van der Waals surface area contributed by atoms with E-state index in [2.05, 4.69) is 32.3 Å². The highest BCUT2D eigenvalue weighted by atomic mass is 15.2. The van der Waals surface area contributed by atoms with Crippen molar-refractivity contribution in [1.82, 2.24) is 4.90 Å². The minimum Gasteiger partial charge on any atom is -0.375 e. The van der Waals surface area contributed by atoms with Crippen LogP contribution in [-0.2, 0) is 0 Å². The lowest BCUT2D eigenvalue weighted by Gasteiger charge is -2.43. The molecule has 1 rings (SSSR count). The molecule has 10 heavy (non-hydrogen) atoms. The van der Waals surface area contributed by atoms with Gasteiger partial charge in [0.25, 0.3) is 0 Å². The van der Waals surface area contributed by atoms with Gasteiger partial charge in [0.2, 0.25) is 0 Å². The minimum atomic E-state index is 0.843. The van der Waals surface area contributed by atoms with E-state index in [1.807, 2.05) is 0 Å². The van der Waals surface area contributed by atoms with E-state index in [1.165, 1.54) is 18.8 Å². The van der Waals surface area contributed by atoms with Crippen LogP contribution in [0.3, 0.4) is 0 Å². The van der Waals surface area contributed by atoms with Gasteiger partial charge in [-0.3, -0.25) is 0 Å². The predicted molar refractivity (Wildman–Crippen MR) is 44.7 cm³/mol. The Morgan fingerprint density at radius 1 is 1.50 bits per heavy atom. The van der Waals surface area contributed by atoms with E-state index in [0.29, 0.717) is 0 Å². The van der Waals surface area contributed by atoms with Crippen LogP contribution < -0.4 is 0 Å². The molecule has 0 aliphatic carbocycles. The zero-order valence-electron chi connectivity index (χ0n) is 7.22. The molecule has 1 aliphatic heterocycles. The first-order valence-electron chi connectivity index (χ1n) is 4.01. The third kappa shape index (κ3) is 1.34. The second-order valence-corrected chi connectivity index (χ2v) is 3.64. The van der Waals surface area contributed by atoms with Crippen molar-refractivity contribution in [2.75, 3.05) is 13.1 Å². The fourth-order valence-corrected chi connectivity index (χ4v) is 1.25. The van der Waals surface area contributed by atoms with Gasteiger partial charge in [-0.05, 0) is 18.8 Å². The average Bonchev–Trinajstić information content (AvgIpc) is 1.56. The van der Waals surface area contributed by atoms with Crippen LogP contribution in [0.5, 0.6) is 0 Å². The summed E-state index contributed by atoms with van der Waals surface area (Å²) in [5, 5.41) is 0. The second kappa shape index (κ2) is 2.65. The van der Waals surface area contributed by atoms with Gasteiger partial charge in [-0.25, -0.2) is 0 Å². The average molecular weight is 139 g/mol. The molecule has 0 amide bonds. The van der Waals surface area contributed by atoms with Gasteiger partial charge in [-0.15, -0.1) is 0 Å². The summed E-state index contributed by atoms with van der Waals surface area (Å²) in [5.41, 5.74) is 1.22. The summed E-state index contributed by atoms with van der Waals surface area (Å²) in [6.07, 6.45) is 0. The minimum absolute atomic E-state index is 0.843. The van der Waals surface area contributed by atoms with E-state index >= 15 is 0 Å². The molecule has 1 heterocycles. The Labute approximate surface area is 63.7 Å². The van der Waals surface area contributed by atoms with Crippen LogP contribution in [0.4, 0.5) is 0 Å². The van der Waals surface area contributed by atoms with Crippen molar-refractivity contribution in [3.63, 3.8) is 0 Å². The van der Waals surface area contributed by atoms with Gasteiger partial charge in [0, 0.05) is 18.8 Å². The molecule has 1 saturated heterocycles. The second-order valence-electron chi connectivity index (χ2n) is 3.64. The largest absolute Gasteiger partial charge is 0.375 e. The number of hydrogen-bond donors (Lipinski definition) is 0. The normalized spacial score (nSPS) is 19.4. The summed E-state index contributed by atoms with van der Waals surface area (Å²) in [6, 6.07) is 0. The molecule has 0 spiro atoms. The van der Waals surface area contributed by atoms with Crippen LogP contribution in [0.25, 0.3) is 0 Å². The van der Waals surface area contributed by atoms with E-state index in [0.717, 1.165) is 11.8 Å². The Kier molecular flexibility index (Phi) is 2.02. The first kappa shape index (κ1) is 7.64. The SMILES string of the molecule is C=C(C)N1CC(C(C)C)C1. The molecule has 1 fully saturated rings. The first-order chi connectivity index (χ1) is 4.61. The first-order valence-corrected chi connectivity index (χ1v) is 4.01. The Hall–Kier alpha value is -0.460. The zero-order valence-corrected chi connectivity index (χ0v) is 7.22. The zero-order chi connectivity index (χ0) is 7.72. The highest BCUT2D eigenvalue weighted by Crippen LogP contribution is 2.25. The molecular formula is C9H17N. The quantitative estimate of drug-likeness (QED) is 0.566. The lowest BCUT2D eigenvalue weighted by molar-refractivity contribution is 0.105. The molecule has 1 heteroatoms. The fourth-order valence-electron chi connectivity index (χ4n) is 1.25. The Bertz CT molecular complexity index is 132. The third-order valence-corrected chi connectivity index (χ3v) is 2.39. The van der Waals surface area contributed by atoms with E-state index in [1.54, 1.807) is 0 Å². The molecule has 0 atom stereocenters. The fraction of sp³-hybridized carbons (Fsp3) is 0.778. The van der Waals surface area contributed by atoms with Crippen molar-refractivity contribution >= 4 is 0 Å². The van der Waals surface area contributed by atoms with Gasteiger partial charge in [0.1, 0.15) is 0 Å². The molecule has 0 N–H and O–H groups in total. The van der Waals surface area contributed by atoms with E-state index in [9.17, 15) is 0 Å². The molecule has 58 valence electrons. The number of likely N-dealkylation sites (tertiary alicyclic amines) is 1. The predicted octanol–water partition coefficient (Wildman–Crippen LogP) is 2.11. The van der Waals surface area contributed by atoms with Crippen molar-refractivity contribution in [3.05, 3.63) is 12.3 Å². The molecular weight excluding hydrogens is 122 g/mol. The van der Waals surface area contributed by atoms with Crippen molar-refractivity contribution in [1.29, 1.82) is 0 Å². The number of rotatable bonds is 2. The number of allylic oxidation sites excluding steroid dienone is 1. The van der Waals surface area contributed by atoms with E-state index in [4.69, 9.17) is 0 Å². The lowest BCUT2D eigenvalue weighted by atomic mass is 9.88. The number of nitrogens with zero attached hydrogens (tertiary/aromatic N) is 1. The highest BCUT2D eigenvalue weighted by molar-refractivity contribution is 4.97. The lowest BCUT2D eigenvalue weighted by Crippen LogP contribution is -2.47. The maximum Gasteiger partial charge on any atom is 0.0222 e. The van der Waals surface area contributed by atoms with Gasteiger partial charge in [0.05, 0.1) is 0 Å². The summed E-state index contributed by atoms with van der Waals surface area (Å²) in [4.78, 5) is 2.34. The van der Waals surface area contributed by atoms with Gasteiger partial charge in [-0.2, -0.15) is 0 Å². The molecule has 0 saturated carbocycles. The molecule has 0 aromatic carbocycles. The van der Waals surface area contributed by atoms with Crippen molar-refractivity contribution in [2.24, 2.45) is 11.8 Å². The summed E-state index contributed by atoms with van der Waals surface area (Å²) >= 11 is 0. The molecule has 0 bridgehead atoms. The van der Waals surface area contributed by atoms with Crippen LogP contribution in [0, 0.1) is 11.8 Å². The summed E-state index contributed by atoms with van der Waals surface area (Å²) in [7, 11) is 0. The van der Waals surface area contributed by atoms with Crippen molar-refractivity contribution in [2.45, 2.75) is 20.8 Å². The van der Waals surface area contributed by atoms with Gasteiger partial charge in [-0.1, -0.05) is 20.4 Å². The topological polar surface area (TPSA) is 3.24 Å². The van der Waals surface area contributed by atoms with Crippen molar-refractivity contribution < 1.29 is 0 Å². The summed E-state index contributed by atoms with van der Waals surface area (Å²) in [5.74, 6) is 1.76. The third-order valence-electron chi connectivity index (χ3n) is 2.39. The van der Waals surface area contributed by atoms with Crippen LogP contribution >= 0.6 is 0 Å². The molecule has 0 unspecified atom stereocenters. The number of hydrogen-bond acceptors (Lipinski definition) is 1. The summed E-state index contributed by atoms with van der Waals surface area (Å²) < 4.78 is 0. The maximum absolute atomic E-state index is 3.90. The van der Waals surface area contributed by atoms with Gasteiger partial charge < -0.3 is 4.90 Å². The highest BCUT2D eigenvalue weighted by Gasteiger charge is 2.27. The summed E-state index contributed by atoms with van der Waals surface area (Å²) in [6.45, 7) is 13.0. The molecule has 1 aliphatic rings. The maximum atomic E-state index is 3.90. The molecule has 0 aromatic rings. The Balaban J connectivity index is 2.24. The van der Waals surface area contributed by atoms with Crippen LogP contribution in [0.15, 0.2) is 12.3 Å². The Morgan fingerprint density at radius 3 is 2.30 bits per heavy atom. The monoisotopic (exact) mass is 139 g/mol. The van der Waals surface area contributed by atoms with Gasteiger partial charge in [0.15, 0.2) is 0 Å². The van der Waals surface area contributed by atoms with E-state index in [-0.39, 0.29) is 0 Å². The molecule has 1 nitrogen and oxygen atoms in total. The van der Waals surface area contributed by atoms with Crippen LogP contribution in [-0.4, -0.2) is 18.0 Å². The van der Waals surface area contributed by atoms with Crippen LogP contribution in [0.2, 0.25) is 0 Å². The van der Waals surface area contributed by atoms with E-state index < -0.39 is 0 Å². The smallest absolute Gasteiger partial charge is 0.0222 e. The Morgan fingerprint density at radius 2 is 2.00 bits per heavy atom. The molecule has 0 radical (unpaired) electrons. The van der Waals surface area contributed by atoms with Crippen LogP contribution in [0.1, 0.15) is 20.8 Å². The molecule has 0 aromatic heterocycles. The van der Waals surface area contributed by atoms with Gasteiger partial charge >= 0.3 is 0 Å².